The van der Waals surface area contributed by atoms with Gasteiger partial charge in [-0.2, -0.15) is 0 Å². The van der Waals surface area contributed by atoms with E-state index in [1.807, 2.05) is 30.3 Å². The minimum Gasteiger partial charge on any atom is -0.444 e. The Morgan fingerprint density at radius 3 is 2.42 bits per heavy atom. The van der Waals surface area contributed by atoms with Crippen molar-refractivity contribution < 1.29 is 29.0 Å². The molecule has 0 aromatic heterocycles. The first-order valence-electron chi connectivity index (χ1n) is 11.7. The minimum atomic E-state index is -1.12. The van der Waals surface area contributed by atoms with Crippen LogP contribution in [0.15, 0.2) is 30.3 Å². The number of nitrogens with zero attached hydrogens (tertiary/aromatic N) is 2. The molecule has 1 aliphatic carbocycles. The van der Waals surface area contributed by atoms with Gasteiger partial charge in [0.25, 0.3) is 0 Å². The average molecular weight is 459 g/mol. The van der Waals surface area contributed by atoms with E-state index < -0.39 is 53.9 Å². The van der Waals surface area contributed by atoms with Crippen LogP contribution in [0.4, 0.5) is 9.59 Å². The van der Waals surface area contributed by atoms with Gasteiger partial charge in [0.05, 0.1) is 24.1 Å². The van der Waals surface area contributed by atoms with Gasteiger partial charge < -0.3 is 19.5 Å². The van der Waals surface area contributed by atoms with Crippen LogP contribution in [0.3, 0.4) is 0 Å². The first-order chi connectivity index (χ1) is 15.4. The third-order valence-electron chi connectivity index (χ3n) is 7.06. The van der Waals surface area contributed by atoms with Crippen molar-refractivity contribution in [2.24, 2.45) is 11.3 Å². The number of carbonyl (C=O) groups is 3. The van der Waals surface area contributed by atoms with E-state index in [-0.39, 0.29) is 5.41 Å². The van der Waals surface area contributed by atoms with Crippen molar-refractivity contribution in [1.29, 1.82) is 0 Å². The number of hydrogen-bond donors (Lipinski definition) is 1. The van der Waals surface area contributed by atoms with Gasteiger partial charge in [0.2, 0.25) is 5.91 Å². The number of aliphatic hydroxyl groups excluding tert-OH is 1. The predicted octanol–water partition coefficient (Wildman–Crippen LogP) is 3.88. The van der Waals surface area contributed by atoms with Crippen molar-refractivity contribution in [3.8, 4) is 0 Å². The quantitative estimate of drug-likeness (QED) is 0.736. The Hall–Kier alpha value is -2.61. The van der Waals surface area contributed by atoms with Crippen molar-refractivity contribution in [3.63, 3.8) is 0 Å². The van der Waals surface area contributed by atoms with Gasteiger partial charge in [0, 0.05) is 6.54 Å². The molecule has 1 aromatic carbocycles. The molecule has 3 aliphatic rings. The molecule has 5 atom stereocenters. The number of imide groups is 1. The summed E-state index contributed by atoms with van der Waals surface area (Å²) in [4.78, 5) is 41.5. The minimum absolute atomic E-state index is 0.00356. The number of hydrogen-bond acceptors (Lipinski definition) is 6. The van der Waals surface area contributed by atoms with E-state index >= 15 is 0 Å². The summed E-state index contributed by atoms with van der Waals surface area (Å²) < 4.78 is 11.1. The van der Waals surface area contributed by atoms with Crippen LogP contribution in [-0.4, -0.2) is 63.3 Å². The Bertz CT molecular complexity index is 923. The summed E-state index contributed by atoms with van der Waals surface area (Å²) in [6.45, 7) is 9.29. The lowest BCUT2D eigenvalue weighted by Gasteiger charge is -2.33. The van der Waals surface area contributed by atoms with Crippen molar-refractivity contribution >= 4 is 18.1 Å². The van der Waals surface area contributed by atoms with Crippen LogP contribution < -0.4 is 0 Å². The highest BCUT2D eigenvalue weighted by molar-refractivity contribution is 5.95. The zero-order valence-corrected chi connectivity index (χ0v) is 20.0. The smallest absolute Gasteiger partial charge is 0.417 e. The second kappa shape index (κ2) is 8.31. The number of likely N-dealkylation sites (tertiary alicyclic amines) is 1. The molecule has 1 N–H and O–H groups in total. The molecule has 0 bridgehead atoms. The Balaban J connectivity index is 1.49. The third kappa shape index (κ3) is 4.58. The second-order valence-electron chi connectivity index (χ2n) is 10.8. The summed E-state index contributed by atoms with van der Waals surface area (Å²) in [6.07, 6.45) is -0.273. The maximum absolute atomic E-state index is 13.4. The molecule has 3 amide bonds. The van der Waals surface area contributed by atoms with Gasteiger partial charge in [0.1, 0.15) is 11.7 Å². The van der Waals surface area contributed by atoms with Crippen molar-refractivity contribution in [2.75, 3.05) is 6.54 Å². The summed E-state index contributed by atoms with van der Waals surface area (Å²) >= 11 is 0. The summed E-state index contributed by atoms with van der Waals surface area (Å²) in [5.41, 5.74) is 0.155. The first-order valence-corrected chi connectivity index (χ1v) is 11.7. The van der Waals surface area contributed by atoms with Crippen molar-refractivity contribution in [3.05, 3.63) is 35.9 Å². The van der Waals surface area contributed by atoms with Crippen molar-refractivity contribution in [1.82, 2.24) is 9.80 Å². The van der Waals surface area contributed by atoms with E-state index in [0.29, 0.717) is 13.0 Å². The van der Waals surface area contributed by atoms with E-state index in [4.69, 9.17) is 9.47 Å². The molecule has 2 aliphatic heterocycles. The van der Waals surface area contributed by atoms with Gasteiger partial charge in [-0.05, 0) is 57.9 Å². The second-order valence-corrected chi connectivity index (χ2v) is 10.8. The highest BCUT2D eigenvalue weighted by atomic mass is 16.6. The molecule has 2 heterocycles. The lowest BCUT2D eigenvalue weighted by Crippen LogP contribution is -2.51. The predicted molar refractivity (Wildman–Crippen MR) is 120 cm³/mol. The Morgan fingerprint density at radius 2 is 1.85 bits per heavy atom. The van der Waals surface area contributed by atoms with E-state index in [1.165, 1.54) is 0 Å². The van der Waals surface area contributed by atoms with Gasteiger partial charge in [-0.1, -0.05) is 37.3 Å². The summed E-state index contributed by atoms with van der Waals surface area (Å²) in [6, 6.07) is 8.23. The number of rotatable bonds is 4. The SMILES string of the molecule is CC(C(=O)N1C(=O)O[C@@H](c2ccccc2)[C@H]1C)C(O)[C@@H]1CC2(CC2)CN1C(=O)OC(C)(C)C. The third-order valence-corrected chi connectivity index (χ3v) is 7.06. The number of ether oxygens (including phenoxy) is 2. The molecule has 3 fully saturated rings. The van der Waals surface area contributed by atoms with E-state index in [2.05, 4.69) is 0 Å². The normalized spacial score (nSPS) is 27.9. The molecule has 33 heavy (non-hydrogen) atoms. The van der Waals surface area contributed by atoms with Gasteiger partial charge in [-0.15, -0.1) is 0 Å². The van der Waals surface area contributed by atoms with Gasteiger partial charge in [0.15, 0.2) is 0 Å². The summed E-state index contributed by atoms with van der Waals surface area (Å²) in [5.74, 6) is -1.39. The average Bonchev–Trinajstić information content (AvgIpc) is 3.29. The topological polar surface area (TPSA) is 96.4 Å². The Labute approximate surface area is 194 Å². The maximum atomic E-state index is 13.4. The van der Waals surface area contributed by atoms with Crippen LogP contribution in [-0.2, 0) is 14.3 Å². The number of carbonyl (C=O) groups excluding carboxylic acids is 3. The molecule has 8 nitrogen and oxygen atoms in total. The maximum Gasteiger partial charge on any atom is 0.417 e. The van der Waals surface area contributed by atoms with E-state index in [0.717, 1.165) is 23.3 Å². The number of benzene rings is 1. The zero-order chi connectivity index (χ0) is 24.1. The molecule has 180 valence electrons. The first kappa shape index (κ1) is 23.5. The van der Waals surface area contributed by atoms with E-state index in [9.17, 15) is 19.5 Å². The van der Waals surface area contributed by atoms with Crippen LogP contribution in [0.1, 0.15) is 65.5 Å². The molecular formula is C25H34N2O6. The number of amides is 3. The highest BCUT2D eigenvalue weighted by Crippen LogP contribution is 2.56. The molecular weight excluding hydrogens is 424 g/mol. The van der Waals surface area contributed by atoms with Crippen LogP contribution in [0.25, 0.3) is 0 Å². The fourth-order valence-corrected chi connectivity index (χ4v) is 5.01. The van der Waals surface area contributed by atoms with Crippen LogP contribution in [0.5, 0.6) is 0 Å². The zero-order valence-electron chi connectivity index (χ0n) is 20.0. The number of cyclic esters (lactones) is 1. The highest BCUT2D eigenvalue weighted by Gasteiger charge is 2.57. The molecule has 1 aromatic rings. The molecule has 4 rings (SSSR count). The van der Waals surface area contributed by atoms with Gasteiger partial charge in [-0.3, -0.25) is 4.79 Å². The van der Waals surface area contributed by atoms with Crippen LogP contribution in [0.2, 0.25) is 0 Å². The van der Waals surface area contributed by atoms with Crippen LogP contribution in [0, 0.1) is 11.3 Å². The molecule has 1 spiro atoms. The monoisotopic (exact) mass is 458 g/mol. The molecule has 2 saturated heterocycles. The molecule has 8 heteroatoms. The summed E-state index contributed by atoms with van der Waals surface area (Å²) in [5, 5.41) is 11.2. The molecule has 0 radical (unpaired) electrons. The Kier molecular flexibility index (Phi) is 5.93. The number of aliphatic hydroxyl groups is 1. The lowest BCUT2D eigenvalue weighted by molar-refractivity contribution is -0.137. The fourth-order valence-electron chi connectivity index (χ4n) is 5.01. The standard InChI is InChI=1S/C25H34N2O6/c1-15(21(29)27-16(2)20(32-23(27)31)17-9-7-6-8-10-17)19(28)18-13-25(11-12-25)14-26(18)22(30)33-24(3,4)5/h6-10,15-16,18-20,28H,11-14H2,1-5H3/t15?,16-,18+,19?,20-/m1/s1. The molecule has 2 unspecified atom stereocenters. The van der Waals surface area contributed by atoms with Gasteiger partial charge in [-0.25, -0.2) is 14.5 Å². The molecule has 1 saturated carbocycles. The van der Waals surface area contributed by atoms with E-state index in [1.54, 1.807) is 39.5 Å². The van der Waals surface area contributed by atoms with Crippen molar-refractivity contribution in [2.45, 2.75) is 83.8 Å². The largest absolute Gasteiger partial charge is 0.444 e. The lowest BCUT2D eigenvalue weighted by atomic mass is 9.91. The summed E-state index contributed by atoms with van der Waals surface area (Å²) in [7, 11) is 0. The van der Waals surface area contributed by atoms with Crippen LogP contribution >= 0.6 is 0 Å². The Morgan fingerprint density at radius 1 is 1.21 bits per heavy atom. The van der Waals surface area contributed by atoms with Gasteiger partial charge >= 0.3 is 12.2 Å². The fraction of sp³-hybridized carbons (Fsp3) is 0.640.